The van der Waals surface area contributed by atoms with Gasteiger partial charge < -0.3 is 14.8 Å². The molecule has 0 aliphatic rings. The fourth-order valence-electron chi connectivity index (χ4n) is 1.63. The number of carbonyl (C=O) groups excluding carboxylic acids is 3. The topological polar surface area (TPSA) is 81.7 Å². The van der Waals surface area contributed by atoms with E-state index in [0.29, 0.717) is 5.56 Å². The maximum absolute atomic E-state index is 12.1. The van der Waals surface area contributed by atoms with Crippen molar-refractivity contribution >= 4 is 33.8 Å². The zero-order chi connectivity index (χ0) is 15.8. The van der Waals surface area contributed by atoms with Gasteiger partial charge in [-0.05, 0) is 24.6 Å². The number of halogens is 1. The van der Waals surface area contributed by atoms with Crippen LogP contribution in [0.25, 0.3) is 0 Å². The van der Waals surface area contributed by atoms with Gasteiger partial charge >= 0.3 is 11.9 Å². The van der Waals surface area contributed by atoms with Crippen LogP contribution in [0.1, 0.15) is 23.2 Å². The molecule has 0 bridgehead atoms. The number of ether oxygens (including phenoxy) is 2. The average Bonchev–Trinajstić information content (AvgIpc) is 2.49. The van der Waals surface area contributed by atoms with E-state index in [4.69, 9.17) is 0 Å². The van der Waals surface area contributed by atoms with E-state index in [0.717, 1.165) is 4.47 Å². The molecule has 1 rings (SSSR count). The van der Waals surface area contributed by atoms with Gasteiger partial charge in [0, 0.05) is 16.5 Å². The molecule has 0 saturated carbocycles. The molecule has 1 N–H and O–H groups in total. The number of amides is 1. The van der Waals surface area contributed by atoms with Crippen LogP contribution in [0.4, 0.5) is 0 Å². The van der Waals surface area contributed by atoms with Crippen molar-refractivity contribution in [3.05, 3.63) is 34.3 Å². The maximum Gasteiger partial charge on any atom is 0.328 e. The number of rotatable bonds is 6. The molecule has 1 aromatic carbocycles. The predicted octanol–water partition coefficient (Wildman–Crippen LogP) is 1.67. The second-order valence-corrected chi connectivity index (χ2v) is 5.09. The highest BCUT2D eigenvalue weighted by molar-refractivity contribution is 9.10. The van der Waals surface area contributed by atoms with Crippen molar-refractivity contribution in [2.24, 2.45) is 0 Å². The maximum atomic E-state index is 12.1. The van der Waals surface area contributed by atoms with E-state index >= 15 is 0 Å². The van der Waals surface area contributed by atoms with Crippen LogP contribution < -0.4 is 5.32 Å². The Morgan fingerprint density at radius 3 is 2.52 bits per heavy atom. The highest BCUT2D eigenvalue weighted by Gasteiger charge is 2.23. The Kier molecular flexibility index (Phi) is 6.87. The fraction of sp³-hybridized carbons (Fsp3) is 0.357. The zero-order valence-electron chi connectivity index (χ0n) is 11.7. The van der Waals surface area contributed by atoms with Crippen molar-refractivity contribution in [3.8, 4) is 0 Å². The Bertz CT molecular complexity index is 532. The smallest absolute Gasteiger partial charge is 0.328 e. The summed E-state index contributed by atoms with van der Waals surface area (Å²) in [6.07, 6.45) is 0.119. The molecule has 1 aromatic rings. The summed E-state index contributed by atoms with van der Waals surface area (Å²) in [6, 6.07) is 5.84. The number of hydrogen-bond acceptors (Lipinski definition) is 5. The summed E-state index contributed by atoms with van der Waals surface area (Å²) >= 11 is 3.27. The molecule has 1 amide bonds. The van der Waals surface area contributed by atoms with Crippen LogP contribution in [0.2, 0.25) is 0 Å². The highest BCUT2D eigenvalue weighted by Crippen LogP contribution is 2.12. The third kappa shape index (κ3) is 5.55. The van der Waals surface area contributed by atoms with Gasteiger partial charge in [0.15, 0.2) is 0 Å². The van der Waals surface area contributed by atoms with Crippen LogP contribution in [0, 0.1) is 0 Å². The molecule has 114 valence electrons. The molecular weight excluding hydrogens is 342 g/mol. The zero-order valence-corrected chi connectivity index (χ0v) is 13.3. The summed E-state index contributed by atoms with van der Waals surface area (Å²) in [6.45, 7) is 0. The number of hydrogen-bond donors (Lipinski definition) is 1. The van der Waals surface area contributed by atoms with Gasteiger partial charge in [0.2, 0.25) is 0 Å². The average molecular weight is 358 g/mol. The second-order valence-electron chi connectivity index (χ2n) is 4.17. The first kappa shape index (κ1) is 17.2. The minimum atomic E-state index is -0.902. The summed E-state index contributed by atoms with van der Waals surface area (Å²) in [5, 5.41) is 2.55. The van der Waals surface area contributed by atoms with Crippen molar-refractivity contribution in [1.29, 1.82) is 0 Å². The molecular formula is C14H16BrNO5. The summed E-state index contributed by atoms with van der Waals surface area (Å²) < 4.78 is 9.88. The quantitative estimate of drug-likeness (QED) is 0.783. The number of nitrogens with one attached hydrogen (secondary N) is 1. The predicted molar refractivity (Wildman–Crippen MR) is 78.7 cm³/mol. The molecule has 0 spiro atoms. The van der Waals surface area contributed by atoms with Gasteiger partial charge in [-0.15, -0.1) is 0 Å². The second kappa shape index (κ2) is 8.41. The molecule has 1 atom stereocenters. The molecule has 0 aromatic heterocycles. The van der Waals surface area contributed by atoms with Crippen LogP contribution in [0.3, 0.4) is 0 Å². The van der Waals surface area contributed by atoms with Crippen LogP contribution in [0.15, 0.2) is 28.7 Å². The van der Waals surface area contributed by atoms with Crippen LogP contribution in [-0.2, 0) is 19.1 Å². The van der Waals surface area contributed by atoms with E-state index in [9.17, 15) is 14.4 Å². The van der Waals surface area contributed by atoms with Crippen molar-refractivity contribution in [2.45, 2.75) is 18.9 Å². The lowest BCUT2D eigenvalue weighted by Crippen LogP contribution is -2.41. The van der Waals surface area contributed by atoms with Gasteiger partial charge in [0.25, 0.3) is 5.91 Å². The molecule has 0 radical (unpaired) electrons. The SMILES string of the molecule is COC(=O)CC[C@@H](NC(=O)c1cccc(Br)c1)C(=O)OC. The molecule has 0 aliphatic carbocycles. The lowest BCUT2D eigenvalue weighted by atomic mass is 10.1. The molecule has 0 fully saturated rings. The van der Waals surface area contributed by atoms with Crippen molar-refractivity contribution in [3.63, 3.8) is 0 Å². The Hall–Kier alpha value is -1.89. The molecule has 6 nitrogen and oxygen atoms in total. The van der Waals surface area contributed by atoms with E-state index in [1.807, 2.05) is 0 Å². The Labute approximate surface area is 130 Å². The number of carbonyl (C=O) groups is 3. The molecule has 0 aliphatic heterocycles. The first-order valence-corrected chi connectivity index (χ1v) is 6.98. The van der Waals surface area contributed by atoms with Gasteiger partial charge in [-0.2, -0.15) is 0 Å². The lowest BCUT2D eigenvalue weighted by Gasteiger charge is -2.16. The Morgan fingerprint density at radius 2 is 1.95 bits per heavy atom. The molecule has 0 saturated heterocycles. The summed E-state index contributed by atoms with van der Waals surface area (Å²) in [5.74, 6) is -1.49. The minimum absolute atomic E-state index is 0.00896. The van der Waals surface area contributed by atoms with E-state index in [2.05, 4.69) is 30.7 Å². The van der Waals surface area contributed by atoms with Crippen molar-refractivity contribution in [1.82, 2.24) is 5.32 Å². The van der Waals surface area contributed by atoms with Gasteiger partial charge in [-0.3, -0.25) is 9.59 Å². The minimum Gasteiger partial charge on any atom is -0.469 e. The van der Waals surface area contributed by atoms with Crippen molar-refractivity contribution in [2.75, 3.05) is 14.2 Å². The van der Waals surface area contributed by atoms with E-state index in [1.165, 1.54) is 14.2 Å². The fourth-order valence-corrected chi connectivity index (χ4v) is 2.03. The van der Waals surface area contributed by atoms with Gasteiger partial charge in [0.1, 0.15) is 6.04 Å². The molecule has 7 heteroatoms. The molecule has 0 heterocycles. The first-order valence-electron chi connectivity index (χ1n) is 6.19. The molecule has 21 heavy (non-hydrogen) atoms. The Morgan fingerprint density at radius 1 is 1.24 bits per heavy atom. The summed E-state index contributed by atoms with van der Waals surface area (Å²) in [4.78, 5) is 34.9. The van der Waals surface area contributed by atoms with Gasteiger partial charge in [-0.1, -0.05) is 22.0 Å². The van der Waals surface area contributed by atoms with Gasteiger partial charge in [0.05, 0.1) is 14.2 Å². The lowest BCUT2D eigenvalue weighted by molar-refractivity contribution is -0.144. The highest BCUT2D eigenvalue weighted by atomic mass is 79.9. The molecule has 0 unspecified atom stereocenters. The normalized spacial score (nSPS) is 11.4. The summed E-state index contributed by atoms with van der Waals surface area (Å²) in [5.41, 5.74) is 0.399. The van der Waals surface area contributed by atoms with E-state index in [-0.39, 0.29) is 12.8 Å². The largest absolute Gasteiger partial charge is 0.469 e. The van der Waals surface area contributed by atoms with E-state index < -0.39 is 23.9 Å². The third-order valence-corrected chi connectivity index (χ3v) is 3.24. The Balaban J connectivity index is 2.73. The number of esters is 2. The first-order chi connectivity index (χ1) is 9.97. The monoisotopic (exact) mass is 357 g/mol. The standard InChI is InChI=1S/C14H16BrNO5/c1-20-12(17)7-6-11(14(19)21-2)16-13(18)9-4-3-5-10(15)8-9/h3-5,8,11H,6-7H2,1-2H3,(H,16,18)/t11-/m1/s1. The van der Waals surface area contributed by atoms with Crippen LogP contribution >= 0.6 is 15.9 Å². The van der Waals surface area contributed by atoms with Crippen LogP contribution in [0.5, 0.6) is 0 Å². The van der Waals surface area contributed by atoms with E-state index in [1.54, 1.807) is 24.3 Å². The van der Waals surface area contributed by atoms with Crippen molar-refractivity contribution < 1.29 is 23.9 Å². The third-order valence-electron chi connectivity index (χ3n) is 2.74. The number of methoxy groups -OCH3 is 2. The summed E-state index contributed by atoms with van der Waals surface area (Å²) in [7, 11) is 2.48. The number of benzene rings is 1. The van der Waals surface area contributed by atoms with Gasteiger partial charge in [-0.25, -0.2) is 4.79 Å². The van der Waals surface area contributed by atoms with Crippen LogP contribution in [-0.4, -0.2) is 38.1 Å².